The van der Waals surface area contributed by atoms with Gasteiger partial charge in [-0.05, 0) is 57.8 Å². The number of carbonyl (C=O) groups excluding carboxylic acids is 2. The molecule has 0 aliphatic heterocycles. The summed E-state index contributed by atoms with van der Waals surface area (Å²) in [6.45, 7) is 3.98. The molecule has 56 heavy (non-hydrogen) atoms. The fourth-order valence-electron chi connectivity index (χ4n) is 6.76. The maximum Gasteiger partial charge on any atom is 0.306 e. The van der Waals surface area contributed by atoms with Crippen LogP contribution in [0.2, 0.25) is 0 Å². The highest BCUT2D eigenvalue weighted by molar-refractivity contribution is 5.70. The highest BCUT2D eigenvalue weighted by Gasteiger charge is 2.16. The minimum absolute atomic E-state index is 0.0633. The molecule has 0 spiro atoms. The van der Waals surface area contributed by atoms with Crippen LogP contribution in [0, 0.1) is 0 Å². The van der Waals surface area contributed by atoms with Crippen LogP contribution in [-0.2, 0) is 19.1 Å². The fourth-order valence-corrected chi connectivity index (χ4v) is 6.76. The number of ether oxygens (including phenoxy) is 2. The van der Waals surface area contributed by atoms with E-state index in [-0.39, 0.29) is 25.2 Å². The average molecular weight is 783 g/mol. The highest BCUT2D eigenvalue weighted by Crippen LogP contribution is 2.16. The molecule has 324 valence electrons. The molecule has 5 nitrogen and oxygen atoms in total. The number of hydrogen-bond acceptors (Lipinski definition) is 5. The molecule has 1 N–H and O–H groups in total. The first-order valence-electron chi connectivity index (χ1n) is 23.8. The van der Waals surface area contributed by atoms with E-state index in [1.807, 2.05) is 0 Å². The zero-order chi connectivity index (χ0) is 40.7. The predicted molar refractivity (Wildman–Crippen MR) is 242 cm³/mol. The molecule has 0 aromatic rings. The lowest BCUT2D eigenvalue weighted by Gasteiger charge is -2.15. The van der Waals surface area contributed by atoms with Crippen LogP contribution in [0.25, 0.3) is 0 Å². The molecule has 0 saturated carbocycles. The molecule has 0 saturated heterocycles. The van der Waals surface area contributed by atoms with Crippen molar-refractivity contribution < 1.29 is 24.2 Å². The lowest BCUT2D eigenvalue weighted by Crippen LogP contribution is -2.28. The molecular weight excluding hydrogens is 693 g/mol. The van der Waals surface area contributed by atoms with Gasteiger partial charge in [-0.1, -0.05) is 222 Å². The SMILES string of the molecule is CC/C=C\C/C=C\C/C=C\C/C=C\C/C=C\CCCCCCCCCCCCCCCCCCCCCC(=O)OC(CO)COC(=O)CCCCCCCCC. The van der Waals surface area contributed by atoms with Gasteiger partial charge in [0, 0.05) is 12.8 Å². The maximum atomic E-state index is 12.2. The number of rotatable bonds is 43. The Morgan fingerprint density at radius 2 is 0.768 bits per heavy atom. The minimum Gasteiger partial charge on any atom is -0.462 e. The van der Waals surface area contributed by atoms with Crippen LogP contribution < -0.4 is 0 Å². The number of allylic oxidation sites excluding steroid dienone is 10. The van der Waals surface area contributed by atoms with Crippen molar-refractivity contribution in [1.29, 1.82) is 0 Å². The van der Waals surface area contributed by atoms with E-state index in [2.05, 4.69) is 74.6 Å². The van der Waals surface area contributed by atoms with Crippen molar-refractivity contribution in [1.82, 2.24) is 0 Å². The standard InChI is InChI=1S/C51H90O5/c1-3-5-7-9-11-12-13-14-15-16-17-18-19-20-21-22-23-24-25-26-27-28-29-30-31-32-33-34-35-36-37-38-40-42-44-46-51(54)56-49(47-52)48-55-50(53)45-43-41-39-10-8-6-4-2/h5,7,11-12,14-15,17-18,20-21,49,52H,3-4,6,8-10,13,16,19,22-48H2,1-2H3/b7-5-,12-11-,15-14-,18-17-,21-20-. The zero-order valence-electron chi connectivity index (χ0n) is 36.9. The van der Waals surface area contributed by atoms with Crippen molar-refractivity contribution in [2.45, 2.75) is 238 Å². The van der Waals surface area contributed by atoms with Gasteiger partial charge < -0.3 is 14.6 Å². The number of aliphatic hydroxyl groups is 1. The third kappa shape index (κ3) is 44.3. The van der Waals surface area contributed by atoms with Crippen LogP contribution in [0.15, 0.2) is 60.8 Å². The predicted octanol–water partition coefficient (Wildman–Crippen LogP) is 15.5. The molecule has 5 heteroatoms. The summed E-state index contributed by atoms with van der Waals surface area (Å²) in [6.07, 6.45) is 62.0. The largest absolute Gasteiger partial charge is 0.462 e. The number of hydrogen-bond donors (Lipinski definition) is 1. The second-order valence-electron chi connectivity index (χ2n) is 15.8. The van der Waals surface area contributed by atoms with Gasteiger partial charge in [-0.15, -0.1) is 0 Å². The molecule has 0 rings (SSSR count). The van der Waals surface area contributed by atoms with Crippen molar-refractivity contribution in [3.63, 3.8) is 0 Å². The first kappa shape index (κ1) is 53.6. The van der Waals surface area contributed by atoms with E-state index in [0.29, 0.717) is 12.8 Å². The van der Waals surface area contributed by atoms with Gasteiger partial charge in [-0.2, -0.15) is 0 Å². The molecule has 0 aromatic carbocycles. The molecule has 0 amide bonds. The Hall–Kier alpha value is -2.40. The second kappa shape index (κ2) is 47.0. The second-order valence-corrected chi connectivity index (χ2v) is 15.8. The summed E-state index contributed by atoms with van der Waals surface area (Å²) in [4.78, 5) is 24.1. The summed E-state index contributed by atoms with van der Waals surface area (Å²) in [5.74, 6) is -0.591. The van der Waals surface area contributed by atoms with Crippen LogP contribution >= 0.6 is 0 Å². The molecule has 0 fully saturated rings. The summed E-state index contributed by atoms with van der Waals surface area (Å²) >= 11 is 0. The lowest BCUT2D eigenvalue weighted by molar-refractivity contribution is -0.161. The number of aliphatic hydroxyl groups excluding tert-OH is 1. The van der Waals surface area contributed by atoms with Crippen molar-refractivity contribution in [2.24, 2.45) is 0 Å². The molecular formula is C51H90O5. The van der Waals surface area contributed by atoms with Crippen LogP contribution in [0.1, 0.15) is 232 Å². The molecule has 0 bridgehead atoms. The summed E-state index contributed by atoms with van der Waals surface area (Å²) in [5, 5.41) is 9.53. The number of esters is 2. The van der Waals surface area contributed by atoms with Crippen LogP contribution in [0.4, 0.5) is 0 Å². The Labute approximate surface area is 347 Å². The van der Waals surface area contributed by atoms with Crippen LogP contribution in [0.3, 0.4) is 0 Å². The van der Waals surface area contributed by atoms with Crippen molar-refractivity contribution >= 4 is 11.9 Å². The monoisotopic (exact) mass is 783 g/mol. The molecule has 1 unspecified atom stereocenters. The van der Waals surface area contributed by atoms with E-state index in [0.717, 1.165) is 70.6 Å². The molecule has 0 aromatic heterocycles. The molecule has 1 atom stereocenters. The average Bonchev–Trinajstić information content (AvgIpc) is 3.20. The lowest BCUT2D eigenvalue weighted by atomic mass is 10.0. The van der Waals surface area contributed by atoms with Gasteiger partial charge in [0.15, 0.2) is 6.10 Å². The fraction of sp³-hybridized carbons (Fsp3) is 0.765. The van der Waals surface area contributed by atoms with E-state index >= 15 is 0 Å². The van der Waals surface area contributed by atoms with Gasteiger partial charge >= 0.3 is 11.9 Å². The van der Waals surface area contributed by atoms with Gasteiger partial charge in [0.1, 0.15) is 6.61 Å². The number of unbranched alkanes of at least 4 members (excludes halogenated alkanes) is 25. The molecule has 0 radical (unpaired) electrons. The zero-order valence-corrected chi connectivity index (χ0v) is 36.9. The maximum absolute atomic E-state index is 12.2. The van der Waals surface area contributed by atoms with E-state index in [1.165, 1.54) is 135 Å². The van der Waals surface area contributed by atoms with E-state index < -0.39 is 6.10 Å². The Kier molecular flexibility index (Phi) is 45.0. The third-order valence-corrected chi connectivity index (χ3v) is 10.3. The first-order chi connectivity index (χ1) is 27.6. The topological polar surface area (TPSA) is 72.8 Å². The summed E-state index contributed by atoms with van der Waals surface area (Å²) in [6, 6.07) is 0. The smallest absolute Gasteiger partial charge is 0.306 e. The summed E-state index contributed by atoms with van der Waals surface area (Å²) < 4.78 is 10.6. The Balaban J connectivity index is 3.40. The van der Waals surface area contributed by atoms with E-state index in [4.69, 9.17) is 9.47 Å². The van der Waals surface area contributed by atoms with Gasteiger partial charge in [-0.3, -0.25) is 9.59 Å². The highest BCUT2D eigenvalue weighted by atomic mass is 16.6. The van der Waals surface area contributed by atoms with E-state index in [9.17, 15) is 14.7 Å². The van der Waals surface area contributed by atoms with Gasteiger partial charge in [0.25, 0.3) is 0 Å². The third-order valence-electron chi connectivity index (χ3n) is 10.3. The van der Waals surface area contributed by atoms with Gasteiger partial charge in [0.2, 0.25) is 0 Å². The summed E-state index contributed by atoms with van der Waals surface area (Å²) in [7, 11) is 0. The van der Waals surface area contributed by atoms with Crippen LogP contribution in [-0.4, -0.2) is 36.4 Å². The Morgan fingerprint density at radius 1 is 0.429 bits per heavy atom. The summed E-state index contributed by atoms with van der Waals surface area (Å²) in [5.41, 5.74) is 0. The van der Waals surface area contributed by atoms with Gasteiger partial charge in [0.05, 0.1) is 6.61 Å². The van der Waals surface area contributed by atoms with Crippen molar-refractivity contribution in [2.75, 3.05) is 13.2 Å². The first-order valence-corrected chi connectivity index (χ1v) is 23.8. The molecule has 0 aliphatic rings. The van der Waals surface area contributed by atoms with Crippen LogP contribution in [0.5, 0.6) is 0 Å². The minimum atomic E-state index is -0.766. The Bertz CT molecular complexity index is 977. The van der Waals surface area contributed by atoms with Gasteiger partial charge in [-0.25, -0.2) is 0 Å². The van der Waals surface area contributed by atoms with E-state index in [1.54, 1.807) is 0 Å². The molecule has 0 heterocycles. The Morgan fingerprint density at radius 3 is 1.16 bits per heavy atom. The normalized spacial score (nSPS) is 12.7. The van der Waals surface area contributed by atoms with Crippen molar-refractivity contribution in [3.8, 4) is 0 Å². The number of carbonyl (C=O) groups is 2. The van der Waals surface area contributed by atoms with Crippen molar-refractivity contribution in [3.05, 3.63) is 60.8 Å². The molecule has 0 aliphatic carbocycles. The quantitative estimate of drug-likeness (QED) is 0.0379.